The van der Waals surface area contributed by atoms with Gasteiger partial charge in [-0.25, -0.2) is 0 Å². The van der Waals surface area contributed by atoms with Crippen LogP contribution in [0.2, 0.25) is 5.02 Å². The molecule has 2 aromatic heterocycles. The molecule has 2 aromatic rings. The SMILES string of the molecule is Nc1noc(-c2ccc(C(F)(F)F)cn2)c1Cl. The lowest BCUT2D eigenvalue weighted by Crippen LogP contribution is -2.05. The Labute approximate surface area is 98.2 Å². The zero-order valence-electron chi connectivity index (χ0n) is 8.12. The first-order valence-corrected chi connectivity index (χ1v) is 4.71. The summed E-state index contributed by atoms with van der Waals surface area (Å²) in [6, 6.07) is 2.01. The van der Waals surface area contributed by atoms with Crippen molar-refractivity contribution in [3.05, 3.63) is 28.9 Å². The van der Waals surface area contributed by atoms with E-state index in [0.717, 1.165) is 12.1 Å². The van der Waals surface area contributed by atoms with Gasteiger partial charge in [0.1, 0.15) is 10.7 Å². The molecule has 0 aliphatic heterocycles. The average Bonchev–Trinajstić information content (AvgIpc) is 2.59. The Morgan fingerprint density at radius 2 is 2.00 bits per heavy atom. The molecule has 4 nitrogen and oxygen atoms in total. The fourth-order valence-corrected chi connectivity index (χ4v) is 1.31. The molecular weight excluding hydrogens is 259 g/mol. The van der Waals surface area contributed by atoms with Crippen molar-refractivity contribution in [2.75, 3.05) is 5.73 Å². The lowest BCUT2D eigenvalue weighted by molar-refractivity contribution is -0.137. The number of alkyl halides is 3. The number of nitrogens with zero attached hydrogens (tertiary/aromatic N) is 2. The Bertz CT molecular complexity index is 535. The van der Waals surface area contributed by atoms with Gasteiger partial charge in [0.05, 0.1) is 5.56 Å². The molecule has 8 heteroatoms. The zero-order valence-corrected chi connectivity index (χ0v) is 8.88. The van der Waals surface area contributed by atoms with Crippen LogP contribution < -0.4 is 5.73 Å². The summed E-state index contributed by atoms with van der Waals surface area (Å²) in [5.74, 6) is 0.00116. The van der Waals surface area contributed by atoms with Crippen molar-refractivity contribution in [2.45, 2.75) is 6.18 Å². The average molecular weight is 264 g/mol. The van der Waals surface area contributed by atoms with Gasteiger partial charge in [0.25, 0.3) is 0 Å². The van der Waals surface area contributed by atoms with E-state index >= 15 is 0 Å². The largest absolute Gasteiger partial charge is 0.417 e. The van der Waals surface area contributed by atoms with E-state index in [1.54, 1.807) is 0 Å². The van der Waals surface area contributed by atoms with E-state index in [0.29, 0.717) is 6.20 Å². The molecular formula is C9H5ClF3N3O. The Kier molecular flexibility index (Phi) is 2.70. The first kappa shape index (κ1) is 11.7. The summed E-state index contributed by atoms with van der Waals surface area (Å²) in [5, 5.41) is 3.40. The Morgan fingerprint density at radius 3 is 2.41 bits per heavy atom. The molecule has 0 aromatic carbocycles. The third kappa shape index (κ3) is 2.19. The number of rotatable bonds is 1. The molecule has 0 radical (unpaired) electrons. The molecule has 0 amide bonds. The minimum Gasteiger partial charge on any atom is -0.380 e. The summed E-state index contributed by atoms with van der Waals surface area (Å²) in [4.78, 5) is 3.60. The van der Waals surface area contributed by atoms with Gasteiger partial charge in [-0.3, -0.25) is 4.98 Å². The smallest absolute Gasteiger partial charge is 0.380 e. The van der Waals surface area contributed by atoms with Crippen LogP contribution in [0, 0.1) is 0 Å². The van der Waals surface area contributed by atoms with E-state index in [1.165, 1.54) is 0 Å². The van der Waals surface area contributed by atoms with Crippen molar-refractivity contribution < 1.29 is 17.7 Å². The number of nitrogen functional groups attached to an aromatic ring is 1. The maximum atomic E-state index is 12.3. The highest BCUT2D eigenvalue weighted by Crippen LogP contribution is 2.33. The van der Waals surface area contributed by atoms with Gasteiger partial charge in [0, 0.05) is 6.20 Å². The van der Waals surface area contributed by atoms with Gasteiger partial charge in [-0.1, -0.05) is 16.8 Å². The molecule has 0 fully saturated rings. The highest BCUT2D eigenvalue weighted by atomic mass is 35.5. The van der Waals surface area contributed by atoms with E-state index in [2.05, 4.69) is 10.1 Å². The summed E-state index contributed by atoms with van der Waals surface area (Å²) >= 11 is 5.73. The molecule has 2 N–H and O–H groups in total. The topological polar surface area (TPSA) is 64.9 Å². The number of anilines is 1. The van der Waals surface area contributed by atoms with Gasteiger partial charge in [0.2, 0.25) is 5.76 Å². The molecule has 2 rings (SSSR count). The van der Waals surface area contributed by atoms with E-state index in [1.807, 2.05) is 0 Å². The van der Waals surface area contributed by atoms with Crippen molar-refractivity contribution >= 4 is 17.4 Å². The highest BCUT2D eigenvalue weighted by molar-refractivity contribution is 6.35. The molecule has 2 heterocycles. The van der Waals surface area contributed by atoms with Crippen LogP contribution in [0.5, 0.6) is 0 Å². The normalized spacial score (nSPS) is 11.8. The number of halogens is 4. The molecule has 17 heavy (non-hydrogen) atoms. The molecule has 90 valence electrons. The molecule has 0 unspecified atom stereocenters. The molecule has 0 aliphatic carbocycles. The Morgan fingerprint density at radius 1 is 1.29 bits per heavy atom. The Hall–Kier alpha value is -1.76. The van der Waals surface area contributed by atoms with E-state index in [9.17, 15) is 13.2 Å². The van der Waals surface area contributed by atoms with Gasteiger partial charge in [-0.15, -0.1) is 0 Å². The van der Waals surface area contributed by atoms with E-state index in [-0.39, 0.29) is 22.3 Å². The third-order valence-corrected chi connectivity index (χ3v) is 2.35. The Balaban J connectivity index is 2.40. The van der Waals surface area contributed by atoms with Gasteiger partial charge in [-0.05, 0) is 12.1 Å². The summed E-state index contributed by atoms with van der Waals surface area (Å²) < 4.78 is 41.6. The molecule has 0 saturated carbocycles. The van der Waals surface area contributed by atoms with E-state index < -0.39 is 11.7 Å². The van der Waals surface area contributed by atoms with Crippen LogP contribution in [0.3, 0.4) is 0 Å². The second-order valence-electron chi connectivity index (χ2n) is 3.14. The van der Waals surface area contributed by atoms with Crippen LogP contribution in [0.4, 0.5) is 19.0 Å². The van der Waals surface area contributed by atoms with Gasteiger partial charge >= 0.3 is 6.18 Å². The fraction of sp³-hybridized carbons (Fsp3) is 0.111. The summed E-state index contributed by atoms with van der Waals surface area (Å²) in [6.07, 6.45) is -3.75. The zero-order chi connectivity index (χ0) is 12.6. The minimum atomic E-state index is -4.43. The van der Waals surface area contributed by atoms with Crippen LogP contribution >= 0.6 is 11.6 Å². The summed E-state index contributed by atoms with van der Waals surface area (Å²) in [5.41, 5.74) is 4.61. The van der Waals surface area contributed by atoms with Crippen LogP contribution in [-0.4, -0.2) is 10.1 Å². The van der Waals surface area contributed by atoms with E-state index in [4.69, 9.17) is 21.9 Å². The van der Waals surface area contributed by atoms with Crippen LogP contribution in [-0.2, 0) is 6.18 Å². The quantitative estimate of drug-likeness (QED) is 0.859. The number of nitrogens with two attached hydrogens (primary N) is 1. The molecule has 0 spiro atoms. The van der Waals surface area contributed by atoms with Crippen molar-refractivity contribution in [2.24, 2.45) is 0 Å². The van der Waals surface area contributed by atoms with Gasteiger partial charge < -0.3 is 10.3 Å². The van der Waals surface area contributed by atoms with Crippen molar-refractivity contribution in [1.29, 1.82) is 0 Å². The monoisotopic (exact) mass is 263 g/mol. The van der Waals surface area contributed by atoms with Crippen molar-refractivity contribution in [3.63, 3.8) is 0 Å². The molecule has 0 bridgehead atoms. The van der Waals surface area contributed by atoms with Gasteiger partial charge in [-0.2, -0.15) is 13.2 Å². The predicted octanol–water partition coefficient (Wildman–Crippen LogP) is 2.99. The first-order valence-electron chi connectivity index (χ1n) is 4.34. The van der Waals surface area contributed by atoms with Crippen LogP contribution in [0.1, 0.15) is 5.56 Å². The van der Waals surface area contributed by atoms with Crippen LogP contribution in [0.15, 0.2) is 22.9 Å². The number of aromatic nitrogens is 2. The maximum Gasteiger partial charge on any atom is 0.417 e. The minimum absolute atomic E-state index is 0.0252. The third-order valence-electron chi connectivity index (χ3n) is 1.98. The lowest BCUT2D eigenvalue weighted by atomic mass is 10.2. The fourth-order valence-electron chi connectivity index (χ4n) is 1.15. The number of pyridine rings is 1. The lowest BCUT2D eigenvalue weighted by Gasteiger charge is -2.05. The number of hydrogen-bond donors (Lipinski definition) is 1. The first-order chi connectivity index (χ1) is 7.89. The van der Waals surface area contributed by atoms with Gasteiger partial charge in [0.15, 0.2) is 5.82 Å². The van der Waals surface area contributed by atoms with Crippen LogP contribution in [0.25, 0.3) is 11.5 Å². The highest BCUT2D eigenvalue weighted by Gasteiger charge is 2.31. The van der Waals surface area contributed by atoms with Crippen molar-refractivity contribution in [1.82, 2.24) is 10.1 Å². The molecule has 0 aliphatic rings. The maximum absolute atomic E-state index is 12.3. The standard InChI is InChI=1S/C9H5ClF3N3O/c10-6-7(17-16-8(6)14)5-2-1-4(3-15-5)9(11,12)13/h1-3H,(H2,14,16). The molecule has 0 saturated heterocycles. The predicted molar refractivity (Wildman–Crippen MR) is 54.2 cm³/mol. The molecule has 0 atom stereocenters. The number of hydrogen-bond acceptors (Lipinski definition) is 4. The summed E-state index contributed by atoms with van der Waals surface area (Å²) in [7, 11) is 0. The van der Waals surface area contributed by atoms with Crippen molar-refractivity contribution in [3.8, 4) is 11.5 Å². The second-order valence-corrected chi connectivity index (χ2v) is 3.52. The second kappa shape index (κ2) is 3.92. The summed E-state index contributed by atoms with van der Waals surface area (Å²) in [6.45, 7) is 0.